The average molecular weight is 289 g/mol. The highest BCUT2D eigenvalue weighted by molar-refractivity contribution is 6.09. The molecular weight excluding hydrogens is 274 g/mol. The molecule has 3 heteroatoms. The van der Waals surface area contributed by atoms with Crippen molar-refractivity contribution in [2.75, 3.05) is 0 Å². The van der Waals surface area contributed by atoms with E-state index in [0.717, 1.165) is 16.3 Å². The largest absolute Gasteiger partial charge is 0.366 e. The van der Waals surface area contributed by atoms with E-state index < -0.39 is 5.91 Å². The molecule has 0 atom stereocenters. The first-order valence-corrected chi connectivity index (χ1v) is 7.05. The van der Waals surface area contributed by atoms with Crippen LogP contribution in [0.2, 0.25) is 0 Å². The van der Waals surface area contributed by atoms with Gasteiger partial charge in [0.2, 0.25) is 5.91 Å². The topological polar surface area (TPSA) is 60.2 Å². The summed E-state index contributed by atoms with van der Waals surface area (Å²) in [5.74, 6) is -0.460. The zero-order chi connectivity index (χ0) is 15.5. The van der Waals surface area contributed by atoms with E-state index in [1.165, 1.54) is 0 Å². The maximum Gasteiger partial charge on any atom is 0.248 e. The van der Waals surface area contributed by atoms with E-state index in [-0.39, 0.29) is 12.2 Å². The van der Waals surface area contributed by atoms with Crippen LogP contribution in [0.5, 0.6) is 0 Å². The molecule has 3 aromatic rings. The molecule has 0 saturated heterocycles. The van der Waals surface area contributed by atoms with Crippen molar-refractivity contribution < 1.29 is 9.59 Å². The summed E-state index contributed by atoms with van der Waals surface area (Å²) in [6.07, 6.45) is 0.245. The van der Waals surface area contributed by atoms with Gasteiger partial charge in [0.25, 0.3) is 0 Å². The predicted octanol–water partition coefficient (Wildman–Crippen LogP) is 3.36. The highest BCUT2D eigenvalue weighted by Gasteiger charge is 2.11. The molecule has 3 aromatic carbocycles. The molecule has 0 aromatic heterocycles. The smallest absolute Gasteiger partial charge is 0.248 e. The highest BCUT2D eigenvalue weighted by Crippen LogP contribution is 2.20. The monoisotopic (exact) mass is 289 g/mol. The van der Waals surface area contributed by atoms with Gasteiger partial charge in [0.15, 0.2) is 5.78 Å². The molecule has 3 rings (SSSR count). The molecule has 0 bridgehead atoms. The zero-order valence-electron chi connectivity index (χ0n) is 12.0. The number of carbonyl (C=O) groups excluding carboxylic acids is 2. The van der Waals surface area contributed by atoms with E-state index in [2.05, 4.69) is 0 Å². The first-order chi connectivity index (χ1) is 10.6. The van der Waals surface area contributed by atoms with Crippen molar-refractivity contribution in [1.29, 1.82) is 0 Å². The normalized spacial score (nSPS) is 10.5. The van der Waals surface area contributed by atoms with Crippen molar-refractivity contribution in [1.82, 2.24) is 0 Å². The van der Waals surface area contributed by atoms with Crippen LogP contribution in [0, 0.1) is 0 Å². The van der Waals surface area contributed by atoms with Crippen LogP contribution in [0.4, 0.5) is 0 Å². The summed E-state index contributed by atoms with van der Waals surface area (Å²) >= 11 is 0. The molecule has 0 unspecified atom stereocenters. The molecule has 2 N–H and O–H groups in total. The third-order valence-electron chi connectivity index (χ3n) is 3.67. The van der Waals surface area contributed by atoms with E-state index in [1.54, 1.807) is 18.2 Å². The number of benzene rings is 3. The standard InChI is InChI=1S/C19H15NO2/c20-19(22)15-8-3-5-13(11-15)12-18(21)17-10-4-7-14-6-1-2-9-16(14)17/h1-11H,12H2,(H2,20,22). The maximum atomic E-state index is 12.6. The summed E-state index contributed by atoms with van der Waals surface area (Å²) in [5, 5.41) is 1.99. The van der Waals surface area contributed by atoms with E-state index in [0.29, 0.717) is 11.1 Å². The first kappa shape index (κ1) is 14.0. The van der Waals surface area contributed by atoms with Crippen LogP contribution in [-0.2, 0) is 6.42 Å². The van der Waals surface area contributed by atoms with Crippen LogP contribution < -0.4 is 5.73 Å². The number of hydrogen-bond acceptors (Lipinski definition) is 2. The molecule has 22 heavy (non-hydrogen) atoms. The zero-order valence-corrected chi connectivity index (χ0v) is 12.0. The fourth-order valence-corrected chi connectivity index (χ4v) is 2.58. The van der Waals surface area contributed by atoms with Gasteiger partial charge < -0.3 is 5.73 Å². The van der Waals surface area contributed by atoms with Gasteiger partial charge in [0, 0.05) is 17.5 Å². The second-order valence-electron chi connectivity index (χ2n) is 5.19. The molecular formula is C19H15NO2. The van der Waals surface area contributed by atoms with Crippen molar-refractivity contribution in [3.05, 3.63) is 83.4 Å². The molecule has 0 spiro atoms. The van der Waals surface area contributed by atoms with Crippen LogP contribution in [0.15, 0.2) is 66.7 Å². The SMILES string of the molecule is NC(=O)c1cccc(CC(=O)c2cccc3ccccc23)c1. The van der Waals surface area contributed by atoms with Crippen LogP contribution in [-0.4, -0.2) is 11.7 Å². The van der Waals surface area contributed by atoms with Crippen molar-refractivity contribution in [3.63, 3.8) is 0 Å². The minimum absolute atomic E-state index is 0.0263. The Kier molecular flexibility index (Phi) is 3.71. The number of hydrogen-bond donors (Lipinski definition) is 1. The van der Waals surface area contributed by atoms with Crippen molar-refractivity contribution in [3.8, 4) is 0 Å². The fraction of sp³-hybridized carbons (Fsp3) is 0.0526. The van der Waals surface area contributed by atoms with Crippen molar-refractivity contribution >= 4 is 22.5 Å². The third kappa shape index (κ3) is 2.74. The number of rotatable bonds is 4. The average Bonchev–Trinajstić information content (AvgIpc) is 2.54. The lowest BCUT2D eigenvalue weighted by Gasteiger charge is -2.06. The molecule has 108 valence electrons. The lowest BCUT2D eigenvalue weighted by Crippen LogP contribution is -2.12. The Morgan fingerprint density at radius 2 is 1.59 bits per heavy atom. The van der Waals surface area contributed by atoms with E-state index >= 15 is 0 Å². The molecule has 0 aliphatic heterocycles. The van der Waals surface area contributed by atoms with E-state index in [1.807, 2.05) is 48.5 Å². The van der Waals surface area contributed by atoms with Gasteiger partial charge >= 0.3 is 0 Å². The van der Waals surface area contributed by atoms with Gasteiger partial charge in [-0.05, 0) is 28.5 Å². The molecule has 0 radical (unpaired) electrons. The Bertz CT molecular complexity index is 863. The van der Waals surface area contributed by atoms with Crippen LogP contribution in [0.3, 0.4) is 0 Å². The quantitative estimate of drug-likeness (QED) is 0.749. The number of ketones is 1. The Labute approximate surface area is 128 Å². The summed E-state index contributed by atoms with van der Waals surface area (Å²) in [6.45, 7) is 0. The van der Waals surface area contributed by atoms with Crippen LogP contribution >= 0.6 is 0 Å². The van der Waals surface area contributed by atoms with Crippen LogP contribution in [0.1, 0.15) is 26.3 Å². The molecule has 0 aliphatic carbocycles. The van der Waals surface area contributed by atoms with Gasteiger partial charge in [-0.1, -0.05) is 54.6 Å². The van der Waals surface area contributed by atoms with E-state index in [4.69, 9.17) is 5.73 Å². The molecule has 3 nitrogen and oxygen atoms in total. The van der Waals surface area contributed by atoms with Gasteiger partial charge in [-0.15, -0.1) is 0 Å². The van der Waals surface area contributed by atoms with Gasteiger partial charge in [0.1, 0.15) is 0 Å². The number of Topliss-reactive ketones (excluding diaryl/α,β-unsaturated/α-hetero) is 1. The minimum atomic E-state index is -0.487. The molecule has 0 fully saturated rings. The van der Waals surface area contributed by atoms with Gasteiger partial charge in [-0.25, -0.2) is 0 Å². The second kappa shape index (κ2) is 5.82. The maximum absolute atomic E-state index is 12.6. The third-order valence-corrected chi connectivity index (χ3v) is 3.67. The Balaban J connectivity index is 1.94. The number of amides is 1. The Morgan fingerprint density at radius 3 is 2.41 bits per heavy atom. The van der Waals surface area contributed by atoms with Gasteiger partial charge in [-0.2, -0.15) is 0 Å². The minimum Gasteiger partial charge on any atom is -0.366 e. The Hall–Kier alpha value is -2.94. The predicted molar refractivity (Wildman–Crippen MR) is 86.9 cm³/mol. The molecule has 1 amide bonds. The summed E-state index contributed by atoms with van der Waals surface area (Å²) in [7, 11) is 0. The lowest BCUT2D eigenvalue weighted by molar-refractivity contribution is 0.0985. The Morgan fingerprint density at radius 1 is 0.864 bits per heavy atom. The fourth-order valence-electron chi connectivity index (χ4n) is 2.58. The van der Waals surface area contributed by atoms with Crippen molar-refractivity contribution in [2.24, 2.45) is 5.73 Å². The number of primary amides is 1. The number of nitrogens with two attached hydrogens (primary N) is 1. The first-order valence-electron chi connectivity index (χ1n) is 7.05. The van der Waals surface area contributed by atoms with Crippen LogP contribution in [0.25, 0.3) is 10.8 Å². The lowest BCUT2D eigenvalue weighted by atomic mass is 9.97. The van der Waals surface area contributed by atoms with E-state index in [9.17, 15) is 9.59 Å². The second-order valence-corrected chi connectivity index (χ2v) is 5.19. The highest BCUT2D eigenvalue weighted by atomic mass is 16.1. The van der Waals surface area contributed by atoms with Gasteiger partial charge in [0.05, 0.1) is 0 Å². The molecule has 0 aliphatic rings. The summed E-state index contributed by atoms with van der Waals surface area (Å²) in [6, 6.07) is 20.4. The number of carbonyl (C=O) groups is 2. The number of fused-ring (bicyclic) bond motifs is 1. The van der Waals surface area contributed by atoms with Gasteiger partial charge in [-0.3, -0.25) is 9.59 Å². The summed E-state index contributed by atoms with van der Waals surface area (Å²) in [5.41, 5.74) is 7.18. The summed E-state index contributed by atoms with van der Waals surface area (Å²) in [4.78, 5) is 23.8. The summed E-state index contributed by atoms with van der Waals surface area (Å²) < 4.78 is 0. The molecule has 0 saturated carbocycles. The van der Waals surface area contributed by atoms with Crippen molar-refractivity contribution in [2.45, 2.75) is 6.42 Å². The molecule has 0 heterocycles.